The molecule has 0 radical (unpaired) electrons. The van der Waals surface area contributed by atoms with Crippen LogP contribution in [0.3, 0.4) is 0 Å². The molecule has 0 bridgehead atoms. The average molecular weight is 374 g/mol. The van der Waals surface area contributed by atoms with Gasteiger partial charge in [0.05, 0.1) is 12.9 Å². The lowest BCUT2D eigenvalue weighted by atomic mass is 10.0. The first-order chi connectivity index (χ1) is 13.8. The lowest BCUT2D eigenvalue weighted by Gasteiger charge is -2.06. The fraction of sp³-hybridized carbons (Fsp3) is 0.217. The highest BCUT2D eigenvalue weighted by atomic mass is 16.5. The van der Waals surface area contributed by atoms with E-state index >= 15 is 0 Å². The zero-order valence-corrected chi connectivity index (χ0v) is 15.5. The molecule has 2 heterocycles. The summed E-state index contributed by atoms with van der Waals surface area (Å²) in [7, 11) is 0. The molecule has 0 aliphatic carbocycles. The summed E-state index contributed by atoms with van der Waals surface area (Å²) in [5, 5.41) is 13.6. The predicted octanol–water partition coefficient (Wildman–Crippen LogP) is 5.05. The smallest absolute Gasteiger partial charge is 0.226 e. The molecule has 0 fully saturated rings. The Kier molecular flexibility index (Phi) is 5.64. The Morgan fingerprint density at radius 2 is 1.68 bits per heavy atom. The van der Waals surface area contributed by atoms with E-state index < -0.39 is 0 Å². The van der Waals surface area contributed by atoms with Crippen LogP contribution in [0.15, 0.2) is 75.9 Å². The molecule has 2 aromatic carbocycles. The van der Waals surface area contributed by atoms with E-state index in [1.165, 1.54) is 5.56 Å². The van der Waals surface area contributed by atoms with Gasteiger partial charge in [-0.05, 0) is 54.7 Å². The fourth-order valence-electron chi connectivity index (χ4n) is 3.24. The molecule has 5 nitrogen and oxygen atoms in total. The first-order valence-corrected chi connectivity index (χ1v) is 9.48. The summed E-state index contributed by atoms with van der Waals surface area (Å²) in [5.74, 6) is 1.88. The number of aliphatic hydroxyl groups excluding tert-OH is 1. The molecule has 0 aliphatic rings. The van der Waals surface area contributed by atoms with Crippen LogP contribution in [0.1, 0.15) is 29.9 Å². The van der Waals surface area contributed by atoms with Gasteiger partial charge < -0.3 is 14.0 Å². The van der Waals surface area contributed by atoms with Crippen LogP contribution in [0.5, 0.6) is 0 Å². The molecule has 0 amide bonds. The third kappa shape index (κ3) is 4.21. The molecular weight excluding hydrogens is 352 g/mol. The van der Waals surface area contributed by atoms with Crippen molar-refractivity contribution in [1.29, 1.82) is 0 Å². The normalized spacial score (nSPS) is 11.0. The molecule has 4 rings (SSSR count). The van der Waals surface area contributed by atoms with Gasteiger partial charge in [0.1, 0.15) is 5.76 Å². The van der Waals surface area contributed by atoms with E-state index in [1.807, 2.05) is 36.4 Å². The average Bonchev–Trinajstić information content (AvgIpc) is 3.44. The van der Waals surface area contributed by atoms with Crippen LogP contribution in [-0.2, 0) is 19.4 Å². The Labute approximate surface area is 163 Å². The van der Waals surface area contributed by atoms with E-state index in [0.717, 1.165) is 42.4 Å². The van der Waals surface area contributed by atoms with E-state index in [1.54, 1.807) is 6.26 Å². The first-order valence-electron chi connectivity index (χ1n) is 9.48. The van der Waals surface area contributed by atoms with Gasteiger partial charge in [-0.15, -0.1) is 0 Å². The van der Waals surface area contributed by atoms with Gasteiger partial charge in [0.25, 0.3) is 0 Å². The Hall–Kier alpha value is -3.18. The van der Waals surface area contributed by atoms with Crippen molar-refractivity contribution in [3.8, 4) is 22.7 Å². The van der Waals surface area contributed by atoms with Gasteiger partial charge in [0.2, 0.25) is 11.7 Å². The van der Waals surface area contributed by atoms with Crippen molar-refractivity contribution in [3.63, 3.8) is 0 Å². The van der Waals surface area contributed by atoms with Crippen molar-refractivity contribution in [1.82, 2.24) is 10.1 Å². The van der Waals surface area contributed by atoms with Crippen molar-refractivity contribution >= 4 is 0 Å². The van der Waals surface area contributed by atoms with Gasteiger partial charge in [-0.25, -0.2) is 0 Å². The van der Waals surface area contributed by atoms with E-state index in [-0.39, 0.29) is 6.61 Å². The molecule has 2 aromatic heterocycles. The number of hydrogen-bond donors (Lipinski definition) is 1. The molecule has 0 aliphatic heterocycles. The second-order valence-corrected chi connectivity index (χ2v) is 6.72. The maximum absolute atomic E-state index is 9.45. The summed E-state index contributed by atoms with van der Waals surface area (Å²) in [4.78, 5) is 4.57. The van der Waals surface area contributed by atoms with Crippen LogP contribution in [0, 0.1) is 0 Å². The van der Waals surface area contributed by atoms with Gasteiger partial charge in [-0.3, -0.25) is 0 Å². The Bertz CT molecular complexity index is 1010. The summed E-state index contributed by atoms with van der Waals surface area (Å²) in [5.41, 5.74) is 3.82. The number of aryl methyl sites for hydroxylation is 2. The molecule has 4 aromatic rings. The van der Waals surface area contributed by atoms with Gasteiger partial charge in [-0.1, -0.05) is 41.6 Å². The number of aromatic nitrogens is 2. The van der Waals surface area contributed by atoms with E-state index in [4.69, 9.17) is 8.94 Å². The van der Waals surface area contributed by atoms with Crippen LogP contribution in [0.2, 0.25) is 0 Å². The van der Waals surface area contributed by atoms with Crippen LogP contribution in [0.4, 0.5) is 0 Å². The molecule has 0 unspecified atom stereocenters. The lowest BCUT2D eigenvalue weighted by Crippen LogP contribution is -1.92. The molecular formula is C23H22N2O3. The van der Waals surface area contributed by atoms with E-state index in [0.29, 0.717) is 17.5 Å². The highest BCUT2D eigenvalue weighted by molar-refractivity contribution is 5.78. The number of furan rings is 1. The van der Waals surface area contributed by atoms with Crippen molar-refractivity contribution in [3.05, 3.63) is 83.9 Å². The Morgan fingerprint density at radius 1 is 0.821 bits per heavy atom. The van der Waals surface area contributed by atoms with Crippen molar-refractivity contribution in [2.24, 2.45) is 0 Å². The largest absolute Gasteiger partial charge is 0.464 e. The van der Waals surface area contributed by atoms with Crippen LogP contribution in [0.25, 0.3) is 22.7 Å². The second kappa shape index (κ2) is 8.67. The summed E-state index contributed by atoms with van der Waals surface area (Å²) in [6.07, 6.45) is 5.49. The quantitative estimate of drug-likeness (QED) is 0.437. The summed E-state index contributed by atoms with van der Waals surface area (Å²) in [6, 6.07) is 19.8. The van der Waals surface area contributed by atoms with Crippen LogP contribution >= 0.6 is 0 Å². The minimum Gasteiger partial charge on any atom is -0.464 e. The Balaban J connectivity index is 1.45. The van der Waals surface area contributed by atoms with Crippen LogP contribution < -0.4 is 0 Å². The summed E-state index contributed by atoms with van der Waals surface area (Å²) in [6.45, 7) is -0.0348. The monoisotopic (exact) mass is 374 g/mol. The maximum Gasteiger partial charge on any atom is 0.226 e. The molecule has 0 spiro atoms. The van der Waals surface area contributed by atoms with Gasteiger partial charge in [-0.2, -0.15) is 4.98 Å². The van der Waals surface area contributed by atoms with Gasteiger partial charge in [0.15, 0.2) is 0 Å². The number of hydrogen-bond acceptors (Lipinski definition) is 5. The zero-order chi connectivity index (χ0) is 19.2. The number of rotatable bonds is 8. The molecule has 0 saturated heterocycles. The molecule has 0 saturated carbocycles. The molecule has 5 heteroatoms. The zero-order valence-electron chi connectivity index (χ0n) is 15.5. The predicted molar refractivity (Wildman–Crippen MR) is 106 cm³/mol. The van der Waals surface area contributed by atoms with E-state index in [2.05, 4.69) is 34.4 Å². The standard InChI is InChI=1S/C23H22N2O3/c26-16-18-12-13-19(20(15-18)21-10-6-14-27-21)23-24-22(28-25-23)11-5-4-9-17-7-2-1-3-8-17/h1-3,6-8,10,12-15,26H,4-5,9,11,16H2. The summed E-state index contributed by atoms with van der Waals surface area (Å²) >= 11 is 0. The van der Waals surface area contributed by atoms with Crippen molar-refractivity contribution in [2.75, 3.05) is 0 Å². The van der Waals surface area contributed by atoms with Gasteiger partial charge >= 0.3 is 0 Å². The highest BCUT2D eigenvalue weighted by Gasteiger charge is 2.16. The first kappa shape index (κ1) is 18.2. The van der Waals surface area contributed by atoms with E-state index in [9.17, 15) is 5.11 Å². The fourth-order valence-corrected chi connectivity index (χ4v) is 3.24. The molecule has 0 atom stereocenters. The minimum absolute atomic E-state index is 0.0348. The lowest BCUT2D eigenvalue weighted by molar-refractivity contribution is 0.282. The molecule has 28 heavy (non-hydrogen) atoms. The van der Waals surface area contributed by atoms with Gasteiger partial charge in [0, 0.05) is 17.5 Å². The maximum atomic E-state index is 9.45. The number of benzene rings is 2. The number of aliphatic hydroxyl groups is 1. The highest BCUT2D eigenvalue weighted by Crippen LogP contribution is 2.32. The third-order valence-corrected chi connectivity index (χ3v) is 4.71. The molecule has 1 N–H and O–H groups in total. The Morgan fingerprint density at radius 3 is 2.46 bits per heavy atom. The minimum atomic E-state index is -0.0348. The third-order valence-electron chi connectivity index (χ3n) is 4.71. The van der Waals surface area contributed by atoms with Crippen molar-refractivity contribution < 1.29 is 14.0 Å². The molecule has 142 valence electrons. The number of nitrogens with zero attached hydrogens (tertiary/aromatic N) is 2. The van der Waals surface area contributed by atoms with Crippen molar-refractivity contribution in [2.45, 2.75) is 32.3 Å². The second-order valence-electron chi connectivity index (χ2n) is 6.72. The SMILES string of the molecule is OCc1ccc(-c2noc(CCCCc3ccccc3)n2)c(-c2ccco2)c1. The summed E-state index contributed by atoms with van der Waals surface area (Å²) < 4.78 is 11.0. The number of unbranched alkanes of at least 4 members (excludes halogenated alkanes) is 1. The van der Waals surface area contributed by atoms with Crippen LogP contribution in [-0.4, -0.2) is 15.2 Å². The topological polar surface area (TPSA) is 72.3 Å².